The monoisotopic (exact) mass is 613 g/mol. The summed E-state index contributed by atoms with van der Waals surface area (Å²) in [6.45, 7) is 11.5. The van der Waals surface area contributed by atoms with Crippen molar-refractivity contribution in [3.8, 4) is 5.75 Å². The van der Waals surface area contributed by atoms with Crippen molar-refractivity contribution in [1.29, 1.82) is 0 Å². The number of benzene rings is 1. The molecular formula is C31H41F2N7O4. The molecule has 13 heteroatoms. The number of aryl methyl sites for hydroxylation is 1. The third-order valence-corrected chi connectivity index (χ3v) is 8.70. The second kappa shape index (κ2) is 13.1. The molecule has 0 spiro atoms. The summed E-state index contributed by atoms with van der Waals surface area (Å²) < 4.78 is 46.5. The molecule has 2 aliphatic rings. The van der Waals surface area contributed by atoms with Crippen molar-refractivity contribution in [1.82, 2.24) is 36.3 Å². The smallest absolute Gasteiger partial charge is 0.407 e. The van der Waals surface area contributed by atoms with Crippen molar-refractivity contribution in [2.45, 2.75) is 82.9 Å². The van der Waals surface area contributed by atoms with Crippen LogP contribution < -0.4 is 20.7 Å². The summed E-state index contributed by atoms with van der Waals surface area (Å²) in [4.78, 5) is 21.8. The molecule has 2 saturated heterocycles. The molecule has 2 unspecified atom stereocenters. The Morgan fingerprint density at radius 2 is 1.93 bits per heavy atom. The number of carbonyl (C=O) groups is 1. The molecule has 5 rings (SSSR count). The van der Waals surface area contributed by atoms with Gasteiger partial charge in [0.25, 0.3) is 0 Å². The van der Waals surface area contributed by atoms with Crippen LogP contribution in [0.3, 0.4) is 0 Å². The molecule has 0 aliphatic carbocycles. The Balaban J connectivity index is 1.32. The van der Waals surface area contributed by atoms with Crippen LogP contribution in [0.1, 0.15) is 81.6 Å². The van der Waals surface area contributed by atoms with E-state index in [1.54, 1.807) is 46.3 Å². The lowest BCUT2D eigenvalue weighted by atomic mass is 9.66. The van der Waals surface area contributed by atoms with Gasteiger partial charge in [0.2, 0.25) is 0 Å². The van der Waals surface area contributed by atoms with Crippen molar-refractivity contribution < 1.29 is 27.6 Å². The highest BCUT2D eigenvalue weighted by Crippen LogP contribution is 2.42. The summed E-state index contributed by atoms with van der Waals surface area (Å²) in [6.07, 6.45) is 6.81. The first kappa shape index (κ1) is 31.7. The fourth-order valence-corrected chi connectivity index (χ4v) is 6.52. The summed E-state index contributed by atoms with van der Waals surface area (Å²) in [7, 11) is 0. The summed E-state index contributed by atoms with van der Waals surface area (Å²) in [5.74, 6) is 0.0266. The number of halogens is 2. The van der Waals surface area contributed by atoms with E-state index in [1.807, 2.05) is 0 Å². The third-order valence-electron chi connectivity index (χ3n) is 8.70. The summed E-state index contributed by atoms with van der Waals surface area (Å²) >= 11 is 0. The van der Waals surface area contributed by atoms with Crippen LogP contribution in [-0.2, 0) is 10.2 Å². The first-order chi connectivity index (χ1) is 21.0. The quantitative estimate of drug-likeness (QED) is 0.317. The van der Waals surface area contributed by atoms with E-state index in [-0.39, 0.29) is 11.0 Å². The molecule has 3 aromatic rings. The first-order valence-corrected chi connectivity index (χ1v) is 15.1. The van der Waals surface area contributed by atoms with E-state index >= 15 is 4.39 Å². The average molecular weight is 614 g/mol. The van der Waals surface area contributed by atoms with E-state index in [2.05, 4.69) is 43.2 Å². The maximum absolute atomic E-state index is 15.2. The number of amides is 1. The maximum atomic E-state index is 15.2. The minimum atomic E-state index is -0.710. The highest BCUT2D eigenvalue weighted by Gasteiger charge is 2.45. The molecule has 2 fully saturated rings. The number of hydrogen-bond acceptors (Lipinski definition) is 10. The van der Waals surface area contributed by atoms with Gasteiger partial charge in [-0.15, -0.1) is 5.10 Å². The molecule has 238 valence electrons. The van der Waals surface area contributed by atoms with Gasteiger partial charge in [-0.2, -0.15) is 0 Å². The second-order valence-corrected chi connectivity index (χ2v) is 12.7. The minimum absolute atomic E-state index is 0.237. The van der Waals surface area contributed by atoms with Crippen LogP contribution in [0.15, 0.2) is 35.2 Å². The Morgan fingerprint density at radius 3 is 2.61 bits per heavy atom. The molecule has 11 nitrogen and oxygen atoms in total. The van der Waals surface area contributed by atoms with E-state index in [0.717, 1.165) is 37.8 Å². The number of piperidine rings is 1. The molecule has 2 aromatic heterocycles. The predicted molar refractivity (Wildman–Crippen MR) is 157 cm³/mol. The molecule has 1 amide bonds. The molecule has 5 atom stereocenters. The maximum Gasteiger partial charge on any atom is 0.407 e. The highest BCUT2D eigenvalue weighted by atomic mass is 19.1. The zero-order chi connectivity index (χ0) is 31.5. The summed E-state index contributed by atoms with van der Waals surface area (Å²) in [6, 6.07) is 1.22. The Hall–Kier alpha value is -3.71. The van der Waals surface area contributed by atoms with Gasteiger partial charge in [-0.25, -0.2) is 23.5 Å². The number of nitrogens with one attached hydrogen (secondary N) is 3. The molecule has 0 radical (unpaired) electrons. The number of rotatable bonds is 9. The van der Waals surface area contributed by atoms with Crippen molar-refractivity contribution in [2.75, 3.05) is 26.2 Å². The van der Waals surface area contributed by atoms with Crippen LogP contribution >= 0.6 is 0 Å². The van der Waals surface area contributed by atoms with Crippen LogP contribution in [0.25, 0.3) is 0 Å². The minimum Gasteiger partial charge on any atom is -0.490 e. The molecule has 2 aliphatic heterocycles. The molecule has 3 N–H and O–H groups in total. The standard InChI is InChI=1S/C31H41F2N7O4/c1-6-19-13-34-9-7-31(19,25-17-38-40-44-25)8-10-42-20-14-36-28(37-15-20)27-26(21-11-18(2)22(32)12-23(21)33)24(16-35-27)39-29(41)43-30(3,4)5/h11-12,14-15,17,19,24,26-27,34-35H,6-10,13,16H2,1-5H3,(H,39,41)/t19?,24?,26-,27+,31-/m0/s1. The van der Waals surface area contributed by atoms with Crippen LogP contribution in [0.2, 0.25) is 0 Å². The largest absolute Gasteiger partial charge is 0.490 e. The molecule has 4 heterocycles. The molecule has 44 heavy (non-hydrogen) atoms. The Morgan fingerprint density at radius 1 is 1.16 bits per heavy atom. The number of ether oxygens (including phenoxy) is 2. The Bertz CT molecular complexity index is 1420. The fraction of sp³-hybridized carbons (Fsp3) is 0.581. The number of aromatic nitrogens is 4. The van der Waals surface area contributed by atoms with Crippen molar-refractivity contribution >= 4 is 6.09 Å². The highest BCUT2D eigenvalue weighted by molar-refractivity contribution is 5.68. The SMILES string of the molecule is CCC1CNCC[C@@]1(CCOc1cnc([C@@H]2NCC(NC(=O)OC(C)(C)C)[C@@H]2c2cc(C)c(F)cc2F)nc1)c1cnno1. The van der Waals surface area contributed by atoms with E-state index in [0.29, 0.717) is 42.6 Å². The van der Waals surface area contributed by atoms with Gasteiger partial charge in [0, 0.05) is 29.2 Å². The average Bonchev–Trinajstić information content (AvgIpc) is 3.66. The molecule has 0 saturated carbocycles. The summed E-state index contributed by atoms with van der Waals surface area (Å²) in [5.41, 5.74) is -0.397. The summed E-state index contributed by atoms with van der Waals surface area (Å²) in [5, 5.41) is 17.3. The van der Waals surface area contributed by atoms with Gasteiger partial charge < -0.3 is 29.9 Å². The molecule has 1 aromatic carbocycles. The fourth-order valence-electron chi connectivity index (χ4n) is 6.52. The number of nitrogens with zero attached hydrogens (tertiary/aromatic N) is 4. The van der Waals surface area contributed by atoms with Crippen molar-refractivity contribution in [3.63, 3.8) is 0 Å². The predicted octanol–water partition coefficient (Wildman–Crippen LogP) is 4.49. The van der Waals surface area contributed by atoms with Crippen LogP contribution in [-0.4, -0.2) is 64.3 Å². The van der Waals surface area contributed by atoms with Gasteiger partial charge in [0.1, 0.15) is 23.1 Å². The number of alkyl carbamates (subject to hydrolysis) is 1. The van der Waals surface area contributed by atoms with E-state index in [4.69, 9.17) is 14.0 Å². The van der Waals surface area contributed by atoms with Gasteiger partial charge in [-0.05, 0) is 76.7 Å². The molecular weight excluding hydrogens is 572 g/mol. The zero-order valence-corrected chi connectivity index (χ0v) is 25.8. The van der Waals surface area contributed by atoms with E-state index in [9.17, 15) is 9.18 Å². The van der Waals surface area contributed by atoms with Gasteiger partial charge in [0.15, 0.2) is 11.5 Å². The van der Waals surface area contributed by atoms with Gasteiger partial charge in [-0.3, -0.25) is 0 Å². The lowest BCUT2D eigenvalue weighted by Gasteiger charge is -2.42. The Labute approximate surface area is 255 Å². The first-order valence-electron chi connectivity index (χ1n) is 15.1. The second-order valence-electron chi connectivity index (χ2n) is 12.7. The Kier molecular flexibility index (Phi) is 9.45. The third kappa shape index (κ3) is 6.83. The lowest BCUT2D eigenvalue weighted by molar-refractivity contribution is 0.0503. The number of carbonyl (C=O) groups excluding carboxylic acids is 1. The molecule has 0 bridgehead atoms. The normalized spacial score (nSPS) is 25.5. The van der Waals surface area contributed by atoms with Crippen molar-refractivity contribution in [3.05, 3.63) is 65.1 Å². The van der Waals surface area contributed by atoms with Gasteiger partial charge >= 0.3 is 6.09 Å². The lowest BCUT2D eigenvalue weighted by Crippen LogP contribution is -2.48. The van der Waals surface area contributed by atoms with Crippen LogP contribution in [0.4, 0.5) is 13.6 Å². The zero-order valence-electron chi connectivity index (χ0n) is 25.8. The van der Waals surface area contributed by atoms with Crippen LogP contribution in [0.5, 0.6) is 5.75 Å². The van der Waals surface area contributed by atoms with Crippen molar-refractivity contribution in [2.24, 2.45) is 5.92 Å². The van der Waals surface area contributed by atoms with E-state index in [1.165, 1.54) is 6.07 Å². The van der Waals surface area contributed by atoms with Crippen LogP contribution in [0, 0.1) is 24.5 Å². The van der Waals surface area contributed by atoms with E-state index < -0.39 is 41.3 Å². The number of hydrogen-bond donors (Lipinski definition) is 3. The van der Waals surface area contributed by atoms with Gasteiger partial charge in [0.05, 0.1) is 37.3 Å². The topological polar surface area (TPSA) is 136 Å². The van der Waals surface area contributed by atoms with Gasteiger partial charge in [-0.1, -0.05) is 13.3 Å².